The van der Waals surface area contributed by atoms with E-state index in [2.05, 4.69) is 0 Å². The highest BCUT2D eigenvalue weighted by molar-refractivity contribution is 6.07. The Balaban J connectivity index is 1.76. The number of benzene rings is 1. The molecular weight excluding hydrogens is 319 g/mol. The van der Waals surface area contributed by atoms with E-state index in [0.717, 1.165) is 11.0 Å². The lowest BCUT2D eigenvalue weighted by atomic mass is 10.1. The Morgan fingerprint density at radius 1 is 1.25 bits per heavy atom. The molecule has 2 heterocycles. The van der Waals surface area contributed by atoms with E-state index in [-0.39, 0.29) is 25.2 Å². The molecule has 0 spiro atoms. The topological polar surface area (TPSA) is 104 Å². The smallest absolute Gasteiger partial charge is 0.328 e. The Morgan fingerprint density at radius 2 is 2.00 bits per heavy atom. The maximum atomic E-state index is 13.3. The minimum Gasteiger partial charge on any atom is -0.368 e. The summed E-state index contributed by atoms with van der Waals surface area (Å²) in [5, 5.41) is 0. The Morgan fingerprint density at radius 3 is 2.67 bits per heavy atom. The van der Waals surface area contributed by atoms with Gasteiger partial charge in [0.25, 0.3) is 11.8 Å². The fraction of sp³-hybridized carbons (Fsp3) is 0.333. The molecule has 24 heavy (non-hydrogen) atoms. The number of piperazine rings is 1. The van der Waals surface area contributed by atoms with Crippen molar-refractivity contribution in [2.45, 2.75) is 6.04 Å². The summed E-state index contributed by atoms with van der Waals surface area (Å²) in [6.07, 6.45) is 0. The number of hydrogen-bond acceptors (Lipinski definition) is 4. The third-order valence-corrected chi connectivity index (χ3v) is 4.08. The van der Waals surface area contributed by atoms with Crippen LogP contribution in [0.15, 0.2) is 24.3 Å². The Kier molecular flexibility index (Phi) is 3.92. The molecule has 2 aliphatic rings. The lowest BCUT2D eigenvalue weighted by Gasteiger charge is -2.35. The molecule has 8 nitrogen and oxygen atoms in total. The third-order valence-electron chi connectivity index (χ3n) is 4.08. The number of carbonyl (C=O) groups excluding carboxylic acids is 4. The molecule has 1 atom stereocenters. The van der Waals surface area contributed by atoms with Gasteiger partial charge < -0.3 is 15.5 Å². The molecule has 2 aliphatic heterocycles. The van der Waals surface area contributed by atoms with Crippen LogP contribution >= 0.6 is 0 Å². The third kappa shape index (κ3) is 2.68. The van der Waals surface area contributed by atoms with Gasteiger partial charge in [-0.2, -0.15) is 0 Å². The summed E-state index contributed by atoms with van der Waals surface area (Å²) in [4.78, 5) is 51.4. The normalized spacial score (nSPS) is 20.4. The number of carbonyl (C=O) groups is 4. The molecule has 0 aliphatic carbocycles. The van der Waals surface area contributed by atoms with Crippen molar-refractivity contribution >= 4 is 23.8 Å². The minimum absolute atomic E-state index is 0.00478. The summed E-state index contributed by atoms with van der Waals surface area (Å²) in [5.41, 5.74) is 5.22. The summed E-state index contributed by atoms with van der Waals surface area (Å²) in [7, 11) is 0. The van der Waals surface area contributed by atoms with Crippen molar-refractivity contribution in [1.82, 2.24) is 14.7 Å². The lowest BCUT2D eigenvalue weighted by molar-refractivity contribution is -0.132. The Hall–Kier alpha value is -2.97. The van der Waals surface area contributed by atoms with Gasteiger partial charge in [-0.25, -0.2) is 9.18 Å². The molecule has 1 aromatic rings. The van der Waals surface area contributed by atoms with E-state index in [1.165, 1.54) is 28.0 Å². The number of amides is 5. The maximum absolute atomic E-state index is 13.3. The molecule has 2 N–H and O–H groups in total. The summed E-state index contributed by atoms with van der Waals surface area (Å²) in [6, 6.07) is 3.84. The van der Waals surface area contributed by atoms with Crippen LogP contribution in [0.3, 0.4) is 0 Å². The maximum Gasteiger partial charge on any atom is 0.328 e. The number of nitrogens with zero attached hydrogens (tertiary/aromatic N) is 3. The van der Waals surface area contributed by atoms with Crippen molar-refractivity contribution in [3.63, 3.8) is 0 Å². The highest BCUT2D eigenvalue weighted by atomic mass is 19.1. The molecule has 5 amide bonds. The molecule has 9 heteroatoms. The monoisotopic (exact) mass is 334 g/mol. The van der Waals surface area contributed by atoms with Crippen molar-refractivity contribution in [3.05, 3.63) is 35.6 Å². The first-order chi connectivity index (χ1) is 11.4. The molecule has 1 unspecified atom stereocenters. The van der Waals surface area contributed by atoms with Gasteiger partial charge in [0, 0.05) is 18.7 Å². The van der Waals surface area contributed by atoms with Crippen LogP contribution in [-0.2, 0) is 9.59 Å². The van der Waals surface area contributed by atoms with E-state index in [1.807, 2.05) is 0 Å². The van der Waals surface area contributed by atoms with E-state index < -0.39 is 42.2 Å². The second-order valence-electron chi connectivity index (χ2n) is 5.64. The van der Waals surface area contributed by atoms with Crippen LogP contribution in [0.1, 0.15) is 10.4 Å². The fourth-order valence-corrected chi connectivity index (χ4v) is 2.94. The zero-order chi connectivity index (χ0) is 17.4. The first-order valence-corrected chi connectivity index (χ1v) is 7.33. The van der Waals surface area contributed by atoms with Gasteiger partial charge in [-0.15, -0.1) is 0 Å². The SMILES string of the molecule is NC(=O)CN1C(=O)C2CN(C(=O)c3cccc(F)c3)CCN2C1=O. The van der Waals surface area contributed by atoms with E-state index in [4.69, 9.17) is 5.73 Å². The molecule has 1 aromatic carbocycles. The second kappa shape index (κ2) is 5.91. The largest absolute Gasteiger partial charge is 0.368 e. The standard InChI is InChI=1S/C15H15FN4O4/c16-10-3-1-2-9(6-10)13(22)18-4-5-19-11(7-18)14(23)20(15(19)24)8-12(17)21/h1-3,6,11H,4-5,7-8H2,(H2,17,21). The van der Waals surface area contributed by atoms with E-state index in [1.54, 1.807) is 0 Å². The van der Waals surface area contributed by atoms with Crippen LogP contribution in [0.4, 0.5) is 9.18 Å². The lowest BCUT2D eigenvalue weighted by Crippen LogP contribution is -2.54. The molecular formula is C15H15FN4O4. The van der Waals surface area contributed by atoms with Crippen LogP contribution in [-0.4, -0.2) is 70.7 Å². The molecule has 3 rings (SSSR count). The zero-order valence-electron chi connectivity index (χ0n) is 12.6. The first kappa shape index (κ1) is 15.9. The summed E-state index contributed by atoms with van der Waals surface area (Å²) < 4.78 is 13.3. The zero-order valence-corrected chi connectivity index (χ0v) is 12.6. The first-order valence-electron chi connectivity index (χ1n) is 7.33. The Bertz CT molecular complexity index is 738. The molecule has 2 saturated heterocycles. The van der Waals surface area contributed by atoms with Crippen LogP contribution in [0.2, 0.25) is 0 Å². The molecule has 0 saturated carbocycles. The van der Waals surface area contributed by atoms with Crippen LogP contribution in [0.5, 0.6) is 0 Å². The van der Waals surface area contributed by atoms with E-state index in [9.17, 15) is 23.6 Å². The quantitative estimate of drug-likeness (QED) is 0.745. The van der Waals surface area contributed by atoms with Gasteiger partial charge in [-0.1, -0.05) is 6.07 Å². The van der Waals surface area contributed by atoms with Crippen LogP contribution in [0.25, 0.3) is 0 Å². The van der Waals surface area contributed by atoms with Crippen molar-refractivity contribution in [2.24, 2.45) is 5.73 Å². The number of imide groups is 1. The van der Waals surface area contributed by atoms with Crippen LogP contribution < -0.4 is 5.73 Å². The second-order valence-corrected chi connectivity index (χ2v) is 5.64. The molecule has 2 fully saturated rings. The van der Waals surface area contributed by atoms with E-state index >= 15 is 0 Å². The number of halogens is 1. The molecule has 0 aromatic heterocycles. The predicted octanol–water partition coefficient (Wildman–Crippen LogP) is -0.600. The number of nitrogens with two attached hydrogens (primary N) is 1. The summed E-state index contributed by atoms with van der Waals surface area (Å²) >= 11 is 0. The van der Waals surface area contributed by atoms with Gasteiger partial charge in [-0.3, -0.25) is 19.3 Å². The molecule has 126 valence electrons. The number of fused-ring (bicyclic) bond motifs is 1. The number of rotatable bonds is 3. The molecule has 0 radical (unpaired) electrons. The fourth-order valence-electron chi connectivity index (χ4n) is 2.94. The van der Waals surface area contributed by atoms with Crippen molar-refractivity contribution < 1.29 is 23.6 Å². The molecule has 0 bridgehead atoms. The number of primary amides is 1. The predicted molar refractivity (Wildman–Crippen MR) is 79.1 cm³/mol. The van der Waals surface area contributed by atoms with Crippen molar-refractivity contribution in [1.29, 1.82) is 0 Å². The van der Waals surface area contributed by atoms with Gasteiger partial charge in [0.1, 0.15) is 18.4 Å². The minimum atomic E-state index is -0.844. The van der Waals surface area contributed by atoms with Gasteiger partial charge in [0.05, 0.1) is 6.54 Å². The average Bonchev–Trinajstić information content (AvgIpc) is 2.78. The highest BCUT2D eigenvalue weighted by Crippen LogP contribution is 2.23. The number of hydrogen-bond donors (Lipinski definition) is 1. The van der Waals surface area contributed by atoms with Gasteiger partial charge in [0.15, 0.2) is 0 Å². The van der Waals surface area contributed by atoms with Gasteiger partial charge >= 0.3 is 6.03 Å². The summed E-state index contributed by atoms with van der Waals surface area (Å²) in [5.74, 6) is -2.29. The average molecular weight is 334 g/mol. The van der Waals surface area contributed by atoms with E-state index in [0.29, 0.717) is 0 Å². The Labute approximate surface area is 136 Å². The summed E-state index contributed by atoms with van der Waals surface area (Å²) in [6.45, 7) is -0.113. The van der Waals surface area contributed by atoms with Gasteiger partial charge in [0.2, 0.25) is 5.91 Å². The van der Waals surface area contributed by atoms with Gasteiger partial charge in [-0.05, 0) is 18.2 Å². The number of urea groups is 1. The van der Waals surface area contributed by atoms with Crippen molar-refractivity contribution in [2.75, 3.05) is 26.2 Å². The van der Waals surface area contributed by atoms with Crippen molar-refractivity contribution in [3.8, 4) is 0 Å². The highest BCUT2D eigenvalue weighted by Gasteiger charge is 2.48. The van der Waals surface area contributed by atoms with Crippen LogP contribution in [0, 0.1) is 5.82 Å².